The molecule has 1 aromatic heterocycles. The summed E-state index contributed by atoms with van der Waals surface area (Å²) >= 11 is 6.10. The number of carbonyl (C=O) groups excluding carboxylic acids is 1. The molecule has 1 aliphatic rings. The van der Waals surface area contributed by atoms with Crippen LogP contribution in [0.25, 0.3) is 10.9 Å². The second-order valence-corrected chi connectivity index (χ2v) is 8.72. The second kappa shape index (κ2) is 10.6. The number of fused-ring (bicyclic) bond motifs is 1. The number of anilines is 2. The molecule has 1 aliphatic carbocycles. The van der Waals surface area contributed by atoms with Gasteiger partial charge in [-0.2, -0.15) is 0 Å². The summed E-state index contributed by atoms with van der Waals surface area (Å²) in [4.78, 5) is 16.7. The Hall–Kier alpha value is -2.99. The van der Waals surface area contributed by atoms with Crippen LogP contribution < -0.4 is 21.1 Å². The molecule has 7 heteroatoms. The molecule has 0 bridgehead atoms. The summed E-state index contributed by atoms with van der Waals surface area (Å²) in [5, 5.41) is 8.46. The summed E-state index contributed by atoms with van der Waals surface area (Å²) in [5.41, 5.74) is 7.76. The van der Waals surface area contributed by atoms with Gasteiger partial charge in [-0.25, -0.2) is 4.98 Å². The normalized spacial score (nSPS) is 18.3. The Labute approximate surface area is 193 Å². The Morgan fingerprint density at radius 3 is 2.59 bits per heavy atom. The summed E-state index contributed by atoms with van der Waals surface area (Å²) in [6.07, 6.45) is 5.06. The number of hydrogen-bond acceptors (Lipinski definition) is 5. The van der Waals surface area contributed by atoms with E-state index in [0.717, 1.165) is 48.0 Å². The van der Waals surface area contributed by atoms with E-state index in [0.29, 0.717) is 36.3 Å². The van der Waals surface area contributed by atoms with Gasteiger partial charge in [0.25, 0.3) is 0 Å². The second-order valence-electron chi connectivity index (χ2n) is 8.28. The summed E-state index contributed by atoms with van der Waals surface area (Å²) in [6.45, 7) is 0.544. The number of ether oxygens (including phenoxy) is 1. The smallest absolute Gasteiger partial charge is 0.220 e. The Balaban J connectivity index is 1.21. The number of hydrogen-bond donors (Lipinski definition) is 3. The predicted octanol–water partition coefficient (Wildman–Crippen LogP) is 5.17. The van der Waals surface area contributed by atoms with E-state index in [-0.39, 0.29) is 11.9 Å². The minimum atomic E-state index is 0.0999. The molecule has 1 fully saturated rings. The molecule has 1 heterocycles. The molecule has 168 valence electrons. The van der Waals surface area contributed by atoms with Crippen LogP contribution in [-0.4, -0.2) is 29.6 Å². The minimum absolute atomic E-state index is 0.0999. The third-order valence-electron chi connectivity index (χ3n) is 5.80. The van der Waals surface area contributed by atoms with E-state index < -0.39 is 0 Å². The summed E-state index contributed by atoms with van der Waals surface area (Å²) in [7, 11) is 0. The molecular weight excluding hydrogens is 424 g/mol. The zero-order valence-electron chi connectivity index (χ0n) is 18.0. The standard InChI is InChI=1S/C25H29ClN4O2/c26-17-8-13-21-22(15-17)30-24(27)16-23(21)28-18-9-11-19(12-10-18)29-25(31)7-4-14-32-20-5-2-1-3-6-20/h1-3,5-6,8,13,15-16,18-19H,4,7,9-12,14H2,(H,29,31)(H3,27,28,30). The third-order valence-corrected chi connectivity index (χ3v) is 6.04. The molecule has 4 N–H and O–H groups in total. The molecule has 0 radical (unpaired) electrons. The number of amides is 1. The van der Waals surface area contributed by atoms with Gasteiger partial charge >= 0.3 is 0 Å². The molecule has 0 spiro atoms. The number of nitrogens with two attached hydrogens (primary N) is 1. The van der Waals surface area contributed by atoms with Gasteiger partial charge in [0.2, 0.25) is 5.91 Å². The predicted molar refractivity (Wildman–Crippen MR) is 130 cm³/mol. The van der Waals surface area contributed by atoms with Crippen LogP contribution in [0.3, 0.4) is 0 Å². The van der Waals surface area contributed by atoms with Gasteiger partial charge in [0.05, 0.1) is 12.1 Å². The van der Waals surface area contributed by atoms with Crippen LogP contribution in [0.2, 0.25) is 5.02 Å². The summed E-state index contributed by atoms with van der Waals surface area (Å²) in [6, 6.07) is 17.8. The van der Waals surface area contributed by atoms with Crippen molar-refractivity contribution < 1.29 is 9.53 Å². The van der Waals surface area contributed by atoms with Gasteiger partial charge in [0.1, 0.15) is 11.6 Å². The highest BCUT2D eigenvalue weighted by molar-refractivity contribution is 6.31. The fourth-order valence-corrected chi connectivity index (χ4v) is 4.35. The van der Waals surface area contributed by atoms with E-state index in [1.807, 2.05) is 54.6 Å². The first-order valence-corrected chi connectivity index (χ1v) is 11.5. The quantitative estimate of drug-likeness (QED) is 0.410. The number of para-hydroxylation sites is 1. The van der Waals surface area contributed by atoms with Gasteiger partial charge in [0, 0.05) is 40.7 Å². The molecule has 0 saturated heterocycles. The number of pyridine rings is 1. The Morgan fingerprint density at radius 2 is 1.81 bits per heavy atom. The molecule has 3 aromatic rings. The topological polar surface area (TPSA) is 89.3 Å². The number of halogens is 1. The SMILES string of the molecule is Nc1cc(NC2CCC(NC(=O)CCCOc3ccccc3)CC2)c2ccc(Cl)cc2n1. The number of nitrogens with one attached hydrogen (secondary N) is 2. The van der Waals surface area contributed by atoms with Gasteiger partial charge in [-0.1, -0.05) is 29.8 Å². The Morgan fingerprint density at radius 1 is 1.06 bits per heavy atom. The van der Waals surface area contributed by atoms with Crippen molar-refractivity contribution in [3.05, 3.63) is 59.6 Å². The number of benzene rings is 2. The van der Waals surface area contributed by atoms with Crippen molar-refractivity contribution >= 4 is 39.9 Å². The first-order valence-electron chi connectivity index (χ1n) is 11.2. The van der Waals surface area contributed by atoms with Crippen LogP contribution in [0.15, 0.2) is 54.6 Å². The maximum Gasteiger partial charge on any atom is 0.220 e. The minimum Gasteiger partial charge on any atom is -0.494 e. The number of carbonyl (C=O) groups is 1. The third kappa shape index (κ3) is 6.04. The van der Waals surface area contributed by atoms with E-state index in [4.69, 9.17) is 22.1 Å². The van der Waals surface area contributed by atoms with Gasteiger partial charge < -0.3 is 21.1 Å². The van der Waals surface area contributed by atoms with Gasteiger partial charge in [0.15, 0.2) is 0 Å². The van der Waals surface area contributed by atoms with Crippen molar-refractivity contribution in [1.29, 1.82) is 0 Å². The molecule has 1 amide bonds. The van der Waals surface area contributed by atoms with Crippen molar-refractivity contribution in [3.63, 3.8) is 0 Å². The molecule has 32 heavy (non-hydrogen) atoms. The van der Waals surface area contributed by atoms with Gasteiger partial charge in [-0.3, -0.25) is 4.79 Å². The monoisotopic (exact) mass is 452 g/mol. The van der Waals surface area contributed by atoms with Crippen molar-refractivity contribution in [2.24, 2.45) is 0 Å². The first-order chi connectivity index (χ1) is 15.6. The fourth-order valence-electron chi connectivity index (χ4n) is 4.18. The van der Waals surface area contributed by atoms with Crippen LogP contribution in [0.5, 0.6) is 5.75 Å². The maximum atomic E-state index is 12.3. The first kappa shape index (κ1) is 22.2. The summed E-state index contributed by atoms with van der Waals surface area (Å²) < 4.78 is 5.65. The molecule has 1 saturated carbocycles. The van der Waals surface area contributed by atoms with E-state index in [1.165, 1.54) is 0 Å². The van der Waals surface area contributed by atoms with Crippen molar-refractivity contribution in [1.82, 2.24) is 10.3 Å². The highest BCUT2D eigenvalue weighted by Crippen LogP contribution is 2.30. The van der Waals surface area contributed by atoms with E-state index in [1.54, 1.807) is 0 Å². The molecule has 0 unspecified atom stereocenters. The van der Waals surface area contributed by atoms with Crippen LogP contribution in [0.1, 0.15) is 38.5 Å². The zero-order chi connectivity index (χ0) is 22.3. The number of nitrogens with zero attached hydrogens (tertiary/aromatic N) is 1. The highest BCUT2D eigenvalue weighted by Gasteiger charge is 2.23. The Bertz CT molecular complexity index is 1050. The molecule has 0 aliphatic heterocycles. The van der Waals surface area contributed by atoms with Crippen molar-refractivity contribution in [2.75, 3.05) is 17.7 Å². The van der Waals surface area contributed by atoms with E-state index in [2.05, 4.69) is 15.6 Å². The van der Waals surface area contributed by atoms with Crippen LogP contribution in [0.4, 0.5) is 11.5 Å². The zero-order valence-corrected chi connectivity index (χ0v) is 18.8. The molecule has 0 atom stereocenters. The Kier molecular flexibility index (Phi) is 7.32. The molecule has 6 nitrogen and oxygen atoms in total. The lowest BCUT2D eigenvalue weighted by Gasteiger charge is -2.30. The van der Waals surface area contributed by atoms with Crippen molar-refractivity contribution in [3.8, 4) is 5.75 Å². The lowest BCUT2D eigenvalue weighted by atomic mass is 9.90. The largest absolute Gasteiger partial charge is 0.494 e. The van der Waals surface area contributed by atoms with Crippen molar-refractivity contribution in [2.45, 2.75) is 50.6 Å². The lowest BCUT2D eigenvalue weighted by Crippen LogP contribution is -2.40. The summed E-state index contributed by atoms with van der Waals surface area (Å²) in [5.74, 6) is 1.41. The highest BCUT2D eigenvalue weighted by atomic mass is 35.5. The molecule has 2 aromatic carbocycles. The van der Waals surface area contributed by atoms with Crippen LogP contribution in [0, 0.1) is 0 Å². The van der Waals surface area contributed by atoms with Crippen LogP contribution in [-0.2, 0) is 4.79 Å². The average Bonchev–Trinajstić information content (AvgIpc) is 2.78. The lowest BCUT2D eigenvalue weighted by molar-refractivity contribution is -0.122. The van der Waals surface area contributed by atoms with Gasteiger partial charge in [-0.15, -0.1) is 0 Å². The number of rotatable bonds is 8. The molecular formula is C25H29ClN4O2. The maximum absolute atomic E-state index is 12.3. The number of nitrogen functional groups attached to an aromatic ring is 1. The average molecular weight is 453 g/mol. The van der Waals surface area contributed by atoms with Crippen LogP contribution >= 0.6 is 11.6 Å². The molecule has 4 rings (SSSR count). The van der Waals surface area contributed by atoms with E-state index in [9.17, 15) is 4.79 Å². The van der Waals surface area contributed by atoms with Gasteiger partial charge in [-0.05, 0) is 62.4 Å². The van der Waals surface area contributed by atoms with E-state index >= 15 is 0 Å². The number of aromatic nitrogens is 1. The fraction of sp³-hybridized carbons (Fsp3) is 0.360.